The van der Waals surface area contributed by atoms with Crippen LogP contribution in [0.15, 0.2) is 29.3 Å². The maximum Gasteiger partial charge on any atom is 0.246 e. The highest BCUT2D eigenvalue weighted by molar-refractivity contribution is 7.92. The van der Waals surface area contributed by atoms with Crippen molar-refractivity contribution in [1.29, 1.82) is 0 Å². The Kier molecular flexibility index (Phi) is 57.3. The third-order valence-corrected chi connectivity index (χ3v) is 18.5. The van der Waals surface area contributed by atoms with Crippen molar-refractivity contribution in [2.75, 3.05) is 164 Å². The average molecular weight is 1540 g/mol. The molecule has 610 valence electrons. The zero-order valence-electron chi connectivity index (χ0n) is 63.5. The number of benzene rings is 1. The third-order valence-electron chi connectivity index (χ3n) is 16.8. The van der Waals surface area contributed by atoms with Crippen LogP contribution in [0.2, 0.25) is 0 Å². The molecule has 0 aliphatic heterocycles. The molecule has 1 heterocycles. The molecule has 35 heteroatoms. The van der Waals surface area contributed by atoms with Crippen molar-refractivity contribution in [3.63, 3.8) is 0 Å². The molecule has 2 rings (SSSR count). The molecule has 3 atom stereocenters. The second-order valence-electron chi connectivity index (χ2n) is 26.2. The highest BCUT2D eigenvalue weighted by Gasteiger charge is 2.30. The van der Waals surface area contributed by atoms with Crippen LogP contribution in [-0.2, 0) is 104 Å². The van der Waals surface area contributed by atoms with E-state index in [0.29, 0.717) is 70.3 Å². The van der Waals surface area contributed by atoms with Gasteiger partial charge in [0, 0.05) is 77.9 Å². The largest absolute Gasteiger partial charge is 0.508 e. The minimum atomic E-state index is -3.56. The molecule has 0 radical (unpaired) electrons. The second kappa shape index (κ2) is 63.8. The van der Waals surface area contributed by atoms with E-state index in [0.717, 1.165) is 37.9 Å². The van der Waals surface area contributed by atoms with Gasteiger partial charge in [0.25, 0.3) is 0 Å². The number of hydrogen-bond donors (Lipinski definition) is 10. The van der Waals surface area contributed by atoms with Crippen LogP contribution in [0.3, 0.4) is 0 Å². The lowest BCUT2D eigenvalue weighted by molar-refractivity contribution is -0.132. The van der Waals surface area contributed by atoms with E-state index in [1.54, 1.807) is 31.1 Å². The van der Waals surface area contributed by atoms with E-state index in [2.05, 4.69) is 52.2 Å². The average Bonchev–Trinajstić information content (AvgIpc) is 1.03. The maximum atomic E-state index is 13.6. The van der Waals surface area contributed by atoms with Crippen molar-refractivity contribution in [3.05, 3.63) is 35.7 Å². The summed E-state index contributed by atoms with van der Waals surface area (Å²) in [6.07, 6.45) is 20.1. The lowest BCUT2D eigenvalue weighted by Gasteiger charge is -2.29. The Balaban J connectivity index is 1.33. The lowest BCUT2D eigenvalue weighted by atomic mass is 10.0. The van der Waals surface area contributed by atoms with Crippen molar-refractivity contribution in [2.24, 2.45) is 22.2 Å². The quantitative estimate of drug-likeness (QED) is 0.0256. The van der Waals surface area contributed by atoms with Crippen molar-refractivity contribution in [1.82, 2.24) is 52.1 Å². The number of aromatic hydroxyl groups is 1. The minimum Gasteiger partial charge on any atom is -0.508 e. The normalized spacial score (nSPS) is 12.3. The number of aromatic nitrogens is 4. The number of H-pyrrole nitrogens is 1. The number of guanidine groups is 1. The number of tetrazole rings is 1. The van der Waals surface area contributed by atoms with E-state index < -0.39 is 45.5 Å². The lowest BCUT2D eigenvalue weighted by Crippen LogP contribution is -2.54. The zero-order valence-corrected chi connectivity index (χ0v) is 64.3. The van der Waals surface area contributed by atoms with Gasteiger partial charge in [-0.05, 0) is 96.0 Å². The number of nitrogens with zero attached hydrogens (tertiary/aromatic N) is 5. The summed E-state index contributed by atoms with van der Waals surface area (Å²) in [4.78, 5) is 118. The summed E-state index contributed by atoms with van der Waals surface area (Å²) >= 11 is 0. The second-order valence-corrected chi connectivity index (χ2v) is 28.4. The number of aromatic amines is 1. The molecule has 2 aromatic rings. The molecule has 107 heavy (non-hydrogen) atoms. The molecule has 0 bridgehead atoms. The van der Waals surface area contributed by atoms with Crippen LogP contribution in [0, 0.1) is 0 Å². The first-order valence-corrected chi connectivity index (χ1v) is 39.7. The molecule has 0 fully saturated rings. The van der Waals surface area contributed by atoms with E-state index >= 15 is 0 Å². The fourth-order valence-corrected chi connectivity index (χ4v) is 12.3. The molecule has 0 aliphatic carbocycles. The van der Waals surface area contributed by atoms with E-state index in [-0.39, 0.29) is 222 Å². The third kappa shape index (κ3) is 55.9. The molecule has 13 N–H and O–H groups in total. The Bertz CT molecular complexity index is 2880. The molecule has 1 aromatic carbocycles. The standard InChI is InChI=1S/C72H126N14O20S/c1-76-62(65(91)51-86(2)64(27-18-34-80-72(74)75)71(96)81-63(70(73)95)50-57-29-31-59(88)32-30-57)26-16-17-33-77-67(92)53-106-48-44-102-40-36-79-69(94)55-105-47-42-100-38-20-24-60(89)52-103-45-43-101-39-35-78-68(93)54-104-46-41-99-37-19-23-58(87)25-21-49-107(97,98)56-61(90)22-14-12-10-8-6-4-3-5-7-9-11-13-15-28-66-82-84-85-83-66/h29-32,62-64,76,88H,3-28,33-56H2,1-2H3,(H2,73,95)(H,77,92)(H,78,93)(H,79,94)(H,81,96)(H4,74,75,80)(H,82,83,84,85)/t62-,63-,64-/m0/s1. The molecule has 0 spiro atoms. The van der Waals surface area contributed by atoms with Crippen molar-refractivity contribution in [2.45, 2.75) is 191 Å². The van der Waals surface area contributed by atoms with E-state index in [4.69, 9.17) is 55.1 Å². The van der Waals surface area contributed by atoms with Gasteiger partial charge in [0.2, 0.25) is 29.5 Å². The van der Waals surface area contributed by atoms with Gasteiger partial charge in [0.15, 0.2) is 33.2 Å². The number of aryl methyl sites for hydroxylation is 1. The number of unbranched alkanes of at least 4 members (excludes halogenated alkanes) is 13. The molecular formula is C72H126N14O20S. The number of hydrogen-bond acceptors (Lipinski definition) is 26. The Labute approximate surface area is 631 Å². The molecule has 5 amide bonds. The summed E-state index contributed by atoms with van der Waals surface area (Å²) < 4.78 is 68.3. The fraction of sp³-hybridized carbons (Fsp3) is 0.764. The first-order chi connectivity index (χ1) is 51.7. The number of carbonyl (C=O) groups excluding carboxylic acids is 9. The van der Waals surface area contributed by atoms with Crippen LogP contribution in [0.5, 0.6) is 5.75 Å². The van der Waals surface area contributed by atoms with Crippen molar-refractivity contribution < 1.29 is 94.6 Å². The molecule has 1 aromatic heterocycles. The number of Topliss-reactive ketones (excluding diaryl/α,β-unsaturated/α-hetero) is 4. The molecule has 0 saturated carbocycles. The number of ether oxygens (including phenoxy) is 8. The number of phenols is 1. The number of sulfone groups is 1. The summed E-state index contributed by atoms with van der Waals surface area (Å²) in [6.45, 7) is 3.15. The van der Waals surface area contributed by atoms with Gasteiger partial charge in [-0.2, -0.15) is 5.21 Å². The highest BCUT2D eigenvalue weighted by atomic mass is 32.2. The minimum absolute atomic E-state index is 0.0512. The number of nitrogens with one attached hydrogen (secondary N) is 6. The topological polar surface area (TPSA) is 490 Å². The Morgan fingerprint density at radius 3 is 1.54 bits per heavy atom. The predicted molar refractivity (Wildman–Crippen MR) is 400 cm³/mol. The number of ketones is 4. The number of nitrogens with two attached hydrogens (primary N) is 3. The van der Waals surface area contributed by atoms with Crippen molar-refractivity contribution >= 4 is 68.5 Å². The van der Waals surface area contributed by atoms with Gasteiger partial charge in [-0.25, -0.2) is 8.42 Å². The maximum absolute atomic E-state index is 13.6. The number of phenolic OH excluding ortho intramolecular Hbond substituents is 1. The number of carbonyl (C=O) groups is 9. The first kappa shape index (κ1) is 96.0. The first-order valence-electron chi connectivity index (χ1n) is 37.9. The molecule has 0 unspecified atom stereocenters. The zero-order chi connectivity index (χ0) is 78.2. The van der Waals surface area contributed by atoms with Crippen LogP contribution >= 0.6 is 0 Å². The van der Waals surface area contributed by atoms with E-state index in [1.807, 2.05) is 0 Å². The smallest absolute Gasteiger partial charge is 0.246 e. The number of primary amides is 1. The van der Waals surface area contributed by atoms with Gasteiger partial charge in [-0.15, -0.1) is 10.2 Å². The van der Waals surface area contributed by atoms with Gasteiger partial charge in [0.1, 0.15) is 55.5 Å². The Morgan fingerprint density at radius 1 is 0.533 bits per heavy atom. The predicted octanol–water partition coefficient (Wildman–Crippen LogP) is 1.75. The van der Waals surface area contributed by atoms with Crippen LogP contribution in [0.4, 0.5) is 0 Å². The number of amides is 5. The van der Waals surface area contributed by atoms with Gasteiger partial charge in [-0.1, -0.05) is 88.0 Å². The number of likely N-dealkylation sites (N-methyl/N-ethyl adjacent to an activating group) is 2. The summed E-state index contributed by atoms with van der Waals surface area (Å²) in [5.41, 5.74) is 17.3. The number of rotatable bonds is 75. The number of aliphatic imine (C=N–C) groups is 1. The molecule has 34 nitrogen and oxygen atoms in total. The molecule has 0 aliphatic rings. The summed E-state index contributed by atoms with van der Waals surface area (Å²) in [5.74, 6) is -2.70. The van der Waals surface area contributed by atoms with E-state index in [9.17, 15) is 56.7 Å². The van der Waals surface area contributed by atoms with Crippen LogP contribution in [0.1, 0.15) is 172 Å². The van der Waals surface area contributed by atoms with Crippen molar-refractivity contribution in [3.8, 4) is 5.75 Å². The fourth-order valence-electron chi connectivity index (χ4n) is 10.9. The van der Waals surface area contributed by atoms with Crippen LogP contribution in [0.25, 0.3) is 0 Å². The Morgan fingerprint density at radius 2 is 1.02 bits per heavy atom. The highest BCUT2D eigenvalue weighted by Crippen LogP contribution is 2.17. The van der Waals surface area contributed by atoms with Crippen LogP contribution in [-0.4, -0.2) is 280 Å². The van der Waals surface area contributed by atoms with E-state index in [1.165, 1.54) is 63.5 Å². The molecular weight excluding hydrogens is 1410 g/mol. The summed E-state index contributed by atoms with van der Waals surface area (Å²) in [7, 11) is -0.246. The van der Waals surface area contributed by atoms with Gasteiger partial charge in [-0.3, -0.25) is 53.0 Å². The summed E-state index contributed by atoms with van der Waals surface area (Å²) in [5, 5.41) is 37.5. The SMILES string of the molecule is CN[C@@H](CCCCNC(=O)COCCOCCNC(=O)COCCOCCCC(=O)COCCOCCNC(=O)COCCOCCCC(=O)CCCS(=O)(=O)CC(=O)CCCCCCCCCCCCCCCc1nn[nH]n1)C(=O)CN(C)[C@@H](CCCN=C(N)N)C(=O)N[C@@H](Cc1ccc(O)cc1)C(N)=O. The van der Waals surface area contributed by atoms with Gasteiger partial charge < -0.3 is 86.8 Å². The summed E-state index contributed by atoms with van der Waals surface area (Å²) in [6, 6.07) is 3.78. The van der Waals surface area contributed by atoms with Gasteiger partial charge >= 0.3 is 0 Å². The Hall–Kier alpha value is -7.06. The monoisotopic (exact) mass is 1540 g/mol. The van der Waals surface area contributed by atoms with Crippen LogP contribution < -0.4 is 43.8 Å². The van der Waals surface area contributed by atoms with Gasteiger partial charge in [0.05, 0.1) is 90.5 Å². The molecule has 0 saturated heterocycles.